The maximum atomic E-state index is 13.0. The summed E-state index contributed by atoms with van der Waals surface area (Å²) >= 11 is 0. The van der Waals surface area contributed by atoms with Gasteiger partial charge in [0, 0.05) is 24.7 Å². The van der Waals surface area contributed by atoms with E-state index in [-0.39, 0.29) is 52.4 Å². The van der Waals surface area contributed by atoms with Crippen LogP contribution >= 0.6 is 0 Å². The molecular weight excluding hydrogens is 380 g/mol. The van der Waals surface area contributed by atoms with Gasteiger partial charge in [0.25, 0.3) is 5.69 Å². The Balaban J connectivity index is 2.86. The molecule has 154 valence electrons. The van der Waals surface area contributed by atoms with Gasteiger partial charge in [-0.25, -0.2) is 9.59 Å². The summed E-state index contributed by atoms with van der Waals surface area (Å²) in [6.45, 7) is 5.94. The highest BCUT2D eigenvalue weighted by Gasteiger charge is 2.33. The number of rotatable bonds is 7. The van der Waals surface area contributed by atoms with Crippen molar-refractivity contribution in [1.29, 1.82) is 0 Å². The summed E-state index contributed by atoms with van der Waals surface area (Å²) in [4.78, 5) is 40.0. The smallest absolute Gasteiger partial charge is 0.341 e. The van der Waals surface area contributed by atoms with E-state index in [1.807, 2.05) is 0 Å². The topological polar surface area (TPSA) is 140 Å². The number of carboxylic acid groups (broad SMARTS) is 1. The van der Waals surface area contributed by atoms with E-state index in [0.717, 1.165) is 0 Å². The molecule has 0 saturated heterocycles. The number of aromatic carboxylic acids is 1. The molecule has 0 spiro atoms. The predicted octanol–water partition coefficient (Wildman–Crippen LogP) is 3.29. The van der Waals surface area contributed by atoms with Crippen LogP contribution in [0.25, 0.3) is 11.1 Å². The lowest BCUT2D eigenvalue weighted by atomic mass is 9.91. The maximum Gasteiger partial charge on any atom is 0.341 e. The fourth-order valence-corrected chi connectivity index (χ4v) is 3.10. The largest absolute Gasteiger partial charge is 0.478 e. The summed E-state index contributed by atoms with van der Waals surface area (Å²) in [5.41, 5.74) is -1.67. The number of nitro groups is 1. The standard InChI is InChI=1S/C20H22N2O7/c1-11-15(18(24)25)17(13-7-5-6-8-14(13)22(27)28)16(12(2)21-11)19(26)29-20(3,4)9-10-23/h5-8,23H,9-10H2,1-4H3,(H,24,25). The minimum Gasteiger partial charge on any atom is -0.478 e. The van der Waals surface area contributed by atoms with Gasteiger partial charge in [-0.15, -0.1) is 0 Å². The van der Waals surface area contributed by atoms with Crippen molar-refractivity contribution in [2.75, 3.05) is 6.61 Å². The van der Waals surface area contributed by atoms with Gasteiger partial charge in [0.05, 0.1) is 33.0 Å². The Kier molecular flexibility index (Phi) is 6.33. The van der Waals surface area contributed by atoms with Crippen LogP contribution in [-0.2, 0) is 4.74 Å². The average molecular weight is 402 g/mol. The maximum absolute atomic E-state index is 13.0. The SMILES string of the molecule is Cc1nc(C)c(C(=O)OC(C)(C)CCO)c(-c2ccccc2[N+](=O)[O-])c1C(=O)O. The van der Waals surface area contributed by atoms with Crippen LogP contribution in [0.5, 0.6) is 0 Å². The number of aromatic nitrogens is 1. The molecule has 0 atom stereocenters. The minimum absolute atomic E-state index is 0.0181. The molecule has 0 saturated carbocycles. The molecule has 2 N–H and O–H groups in total. The van der Waals surface area contributed by atoms with E-state index < -0.39 is 22.5 Å². The molecule has 29 heavy (non-hydrogen) atoms. The van der Waals surface area contributed by atoms with Crippen molar-refractivity contribution in [2.24, 2.45) is 0 Å². The summed E-state index contributed by atoms with van der Waals surface area (Å²) < 4.78 is 5.48. The number of esters is 1. The van der Waals surface area contributed by atoms with E-state index in [0.29, 0.717) is 0 Å². The van der Waals surface area contributed by atoms with Gasteiger partial charge in [0.1, 0.15) is 5.60 Å². The number of aryl methyl sites for hydroxylation is 2. The number of hydrogen-bond donors (Lipinski definition) is 2. The highest BCUT2D eigenvalue weighted by Crippen LogP contribution is 2.37. The Morgan fingerprint density at radius 2 is 1.76 bits per heavy atom. The number of para-hydroxylation sites is 1. The van der Waals surface area contributed by atoms with Crippen LogP contribution in [0.3, 0.4) is 0 Å². The van der Waals surface area contributed by atoms with Crippen molar-refractivity contribution < 1.29 is 29.5 Å². The molecule has 0 aliphatic carbocycles. The average Bonchev–Trinajstić information content (AvgIpc) is 2.59. The second-order valence-electron chi connectivity index (χ2n) is 7.11. The molecule has 0 aliphatic heterocycles. The van der Waals surface area contributed by atoms with E-state index in [1.54, 1.807) is 13.8 Å². The number of ether oxygens (including phenoxy) is 1. The van der Waals surface area contributed by atoms with Crippen molar-refractivity contribution >= 4 is 17.6 Å². The number of pyridine rings is 1. The number of carbonyl (C=O) groups is 2. The zero-order valence-electron chi connectivity index (χ0n) is 16.6. The molecular formula is C20H22N2O7. The first-order valence-electron chi connectivity index (χ1n) is 8.82. The van der Waals surface area contributed by atoms with Crippen molar-refractivity contribution in [2.45, 2.75) is 39.7 Å². The number of nitrogens with zero attached hydrogens (tertiary/aromatic N) is 2. The number of hydrogen-bond acceptors (Lipinski definition) is 7. The molecule has 0 amide bonds. The third-order valence-corrected chi connectivity index (χ3v) is 4.43. The number of aliphatic hydroxyl groups is 1. The molecule has 9 heteroatoms. The van der Waals surface area contributed by atoms with Gasteiger partial charge in [0.15, 0.2) is 0 Å². The van der Waals surface area contributed by atoms with Crippen molar-refractivity contribution in [3.05, 3.63) is 56.9 Å². The van der Waals surface area contributed by atoms with Crippen LogP contribution in [0.2, 0.25) is 0 Å². The summed E-state index contributed by atoms with van der Waals surface area (Å²) in [5.74, 6) is -2.24. The predicted molar refractivity (Wildman–Crippen MR) is 104 cm³/mol. The van der Waals surface area contributed by atoms with Crippen LogP contribution < -0.4 is 0 Å². The van der Waals surface area contributed by atoms with Crippen molar-refractivity contribution in [3.63, 3.8) is 0 Å². The molecule has 0 unspecified atom stereocenters. The van der Waals surface area contributed by atoms with Crippen LogP contribution in [0, 0.1) is 24.0 Å². The third kappa shape index (κ3) is 4.57. The van der Waals surface area contributed by atoms with Gasteiger partial charge in [-0.3, -0.25) is 15.1 Å². The Morgan fingerprint density at radius 1 is 1.17 bits per heavy atom. The normalized spacial score (nSPS) is 11.2. The Bertz CT molecular complexity index is 983. The van der Waals surface area contributed by atoms with E-state index >= 15 is 0 Å². The second-order valence-corrected chi connectivity index (χ2v) is 7.11. The molecule has 0 fully saturated rings. The molecule has 1 aromatic carbocycles. The summed E-state index contributed by atoms with van der Waals surface area (Å²) in [6.07, 6.45) is 0.156. The van der Waals surface area contributed by atoms with Gasteiger partial charge in [-0.1, -0.05) is 12.1 Å². The summed E-state index contributed by atoms with van der Waals surface area (Å²) in [5, 5.41) is 30.5. The molecule has 1 aromatic heterocycles. The summed E-state index contributed by atoms with van der Waals surface area (Å²) in [6, 6.07) is 5.58. The number of nitro benzene ring substituents is 1. The monoisotopic (exact) mass is 402 g/mol. The van der Waals surface area contributed by atoms with Gasteiger partial charge in [-0.05, 0) is 33.8 Å². The number of carboxylic acids is 1. The summed E-state index contributed by atoms with van der Waals surface area (Å²) in [7, 11) is 0. The third-order valence-electron chi connectivity index (χ3n) is 4.43. The highest BCUT2D eigenvalue weighted by atomic mass is 16.6. The van der Waals surface area contributed by atoms with Crippen molar-refractivity contribution in [1.82, 2.24) is 4.98 Å². The zero-order chi connectivity index (χ0) is 21.9. The molecule has 1 heterocycles. The lowest BCUT2D eigenvalue weighted by molar-refractivity contribution is -0.384. The molecule has 0 radical (unpaired) electrons. The van der Waals surface area contributed by atoms with E-state index in [4.69, 9.17) is 9.84 Å². The molecule has 9 nitrogen and oxygen atoms in total. The van der Waals surface area contributed by atoms with E-state index in [1.165, 1.54) is 38.1 Å². The van der Waals surface area contributed by atoms with Gasteiger partial charge in [0.2, 0.25) is 0 Å². The van der Waals surface area contributed by atoms with Crippen LogP contribution in [-0.4, -0.2) is 44.3 Å². The lowest BCUT2D eigenvalue weighted by Gasteiger charge is -2.25. The first-order chi connectivity index (χ1) is 13.5. The van der Waals surface area contributed by atoms with Crippen LogP contribution in [0.1, 0.15) is 52.4 Å². The number of carbonyl (C=O) groups excluding carboxylic acids is 1. The van der Waals surface area contributed by atoms with Gasteiger partial charge >= 0.3 is 11.9 Å². The minimum atomic E-state index is -1.37. The Hall–Kier alpha value is -3.33. The number of aliphatic hydroxyl groups excluding tert-OH is 1. The molecule has 0 aliphatic rings. The number of benzene rings is 1. The van der Waals surface area contributed by atoms with Crippen LogP contribution in [0.15, 0.2) is 24.3 Å². The molecule has 2 aromatic rings. The fraction of sp³-hybridized carbons (Fsp3) is 0.350. The first-order valence-corrected chi connectivity index (χ1v) is 8.82. The van der Waals surface area contributed by atoms with Gasteiger partial charge < -0.3 is 14.9 Å². The zero-order valence-corrected chi connectivity index (χ0v) is 16.6. The Labute approximate surface area is 167 Å². The Morgan fingerprint density at radius 3 is 2.31 bits per heavy atom. The highest BCUT2D eigenvalue weighted by molar-refractivity contribution is 6.07. The first kappa shape index (κ1) is 22.0. The quantitative estimate of drug-likeness (QED) is 0.408. The second kappa shape index (κ2) is 8.36. The van der Waals surface area contributed by atoms with Gasteiger partial charge in [-0.2, -0.15) is 0 Å². The van der Waals surface area contributed by atoms with Crippen molar-refractivity contribution in [3.8, 4) is 11.1 Å². The lowest BCUT2D eigenvalue weighted by Crippen LogP contribution is -2.30. The van der Waals surface area contributed by atoms with Crippen LogP contribution in [0.4, 0.5) is 5.69 Å². The molecule has 0 bridgehead atoms. The molecule has 2 rings (SSSR count). The fourth-order valence-electron chi connectivity index (χ4n) is 3.10. The van der Waals surface area contributed by atoms with E-state index in [2.05, 4.69) is 4.98 Å². The van der Waals surface area contributed by atoms with E-state index in [9.17, 15) is 24.8 Å².